The van der Waals surface area contributed by atoms with E-state index in [1.807, 2.05) is 19.1 Å². The van der Waals surface area contributed by atoms with Crippen molar-refractivity contribution in [3.63, 3.8) is 0 Å². The molecule has 1 unspecified atom stereocenters. The molecule has 0 aliphatic rings. The maximum atomic E-state index is 13.7. The Morgan fingerprint density at radius 2 is 1.95 bits per heavy atom. The number of ether oxygens (including phenoxy) is 1. The highest BCUT2D eigenvalue weighted by molar-refractivity contribution is 9.10. The van der Waals surface area contributed by atoms with Crippen LogP contribution in [0.25, 0.3) is 0 Å². The lowest BCUT2D eigenvalue weighted by Crippen LogP contribution is -2.30. The fourth-order valence-corrected chi connectivity index (χ4v) is 2.70. The largest absolute Gasteiger partial charge is 0.478 e. The van der Waals surface area contributed by atoms with Gasteiger partial charge in [-0.15, -0.1) is 0 Å². The van der Waals surface area contributed by atoms with Gasteiger partial charge in [-0.1, -0.05) is 22.0 Å². The summed E-state index contributed by atoms with van der Waals surface area (Å²) in [5.41, 5.74) is 1.72. The Hall–Kier alpha value is -1.40. The number of benzene rings is 2. The van der Waals surface area contributed by atoms with Crippen molar-refractivity contribution < 1.29 is 13.9 Å². The maximum Gasteiger partial charge on any atom is 0.265 e. The van der Waals surface area contributed by atoms with Crippen LogP contribution in [0.1, 0.15) is 12.5 Å². The zero-order valence-corrected chi connectivity index (χ0v) is 15.2. The molecule has 0 saturated carbocycles. The van der Waals surface area contributed by atoms with Gasteiger partial charge in [0.1, 0.15) is 0 Å². The molecule has 1 amide bonds. The second-order valence-corrected chi connectivity index (χ2v) is 6.58. The van der Waals surface area contributed by atoms with E-state index in [1.165, 1.54) is 12.1 Å². The average molecular weight is 431 g/mol. The van der Waals surface area contributed by atoms with Crippen molar-refractivity contribution in [3.05, 3.63) is 56.7 Å². The predicted molar refractivity (Wildman–Crippen MR) is 91.7 cm³/mol. The highest BCUT2D eigenvalue weighted by Crippen LogP contribution is 2.25. The van der Waals surface area contributed by atoms with Crippen molar-refractivity contribution in [2.45, 2.75) is 20.0 Å². The fourth-order valence-electron chi connectivity index (χ4n) is 1.77. The van der Waals surface area contributed by atoms with Crippen molar-refractivity contribution in [3.8, 4) is 5.75 Å². The van der Waals surface area contributed by atoms with Crippen molar-refractivity contribution >= 4 is 43.5 Å². The van der Waals surface area contributed by atoms with Gasteiger partial charge in [0.05, 0.1) is 5.69 Å². The van der Waals surface area contributed by atoms with Gasteiger partial charge in [-0.25, -0.2) is 4.39 Å². The topological polar surface area (TPSA) is 38.3 Å². The number of amides is 1. The van der Waals surface area contributed by atoms with Crippen LogP contribution in [0.2, 0.25) is 0 Å². The van der Waals surface area contributed by atoms with Gasteiger partial charge >= 0.3 is 0 Å². The molecule has 2 aromatic carbocycles. The molecule has 0 aliphatic carbocycles. The van der Waals surface area contributed by atoms with E-state index in [9.17, 15) is 9.18 Å². The number of carbonyl (C=O) groups excluding carboxylic acids is 1. The van der Waals surface area contributed by atoms with Gasteiger partial charge < -0.3 is 10.1 Å². The number of nitrogens with one attached hydrogen (secondary N) is 1. The van der Waals surface area contributed by atoms with E-state index in [2.05, 4.69) is 37.2 Å². The first kappa shape index (κ1) is 17.0. The van der Waals surface area contributed by atoms with E-state index >= 15 is 0 Å². The molecule has 0 spiro atoms. The highest BCUT2D eigenvalue weighted by atomic mass is 79.9. The summed E-state index contributed by atoms with van der Waals surface area (Å²) in [5.74, 6) is -0.841. The molecule has 0 fully saturated rings. The van der Waals surface area contributed by atoms with Crippen molar-refractivity contribution in [1.29, 1.82) is 0 Å². The molecule has 1 N–H and O–H groups in total. The molecule has 0 heterocycles. The Balaban J connectivity index is 2.05. The summed E-state index contributed by atoms with van der Waals surface area (Å²) in [6.45, 7) is 3.53. The van der Waals surface area contributed by atoms with E-state index in [0.717, 1.165) is 10.0 Å². The Bertz CT molecular complexity index is 707. The van der Waals surface area contributed by atoms with Gasteiger partial charge in [-0.05, 0) is 65.7 Å². The van der Waals surface area contributed by atoms with Gasteiger partial charge in [0.2, 0.25) is 0 Å². The third-order valence-electron chi connectivity index (χ3n) is 2.95. The summed E-state index contributed by atoms with van der Waals surface area (Å²) in [6, 6.07) is 10.0. The van der Waals surface area contributed by atoms with Crippen LogP contribution in [-0.2, 0) is 4.79 Å². The molecule has 22 heavy (non-hydrogen) atoms. The molecule has 116 valence electrons. The fraction of sp³-hybridized carbons (Fsp3) is 0.188. The molecule has 6 heteroatoms. The molecule has 1 atom stereocenters. The van der Waals surface area contributed by atoms with E-state index in [-0.39, 0.29) is 11.7 Å². The van der Waals surface area contributed by atoms with E-state index in [1.54, 1.807) is 19.1 Å². The van der Waals surface area contributed by atoms with Gasteiger partial charge in [0.25, 0.3) is 5.91 Å². The molecular formula is C16H14Br2FNO2. The zero-order valence-electron chi connectivity index (χ0n) is 12.0. The van der Waals surface area contributed by atoms with Crippen LogP contribution in [0.3, 0.4) is 0 Å². The Morgan fingerprint density at radius 1 is 1.23 bits per heavy atom. The van der Waals surface area contributed by atoms with Crippen LogP contribution in [-0.4, -0.2) is 12.0 Å². The SMILES string of the molecule is Cc1ccc(NC(=O)C(C)Oc2ccc(Br)cc2F)c(Br)c1. The summed E-state index contributed by atoms with van der Waals surface area (Å²) in [5, 5.41) is 2.75. The average Bonchev–Trinajstić information content (AvgIpc) is 2.44. The highest BCUT2D eigenvalue weighted by Gasteiger charge is 2.17. The van der Waals surface area contributed by atoms with Crippen molar-refractivity contribution in [1.82, 2.24) is 0 Å². The number of aryl methyl sites for hydroxylation is 1. The zero-order chi connectivity index (χ0) is 16.3. The Kier molecular flexibility index (Phi) is 5.58. The van der Waals surface area contributed by atoms with Gasteiger partial charge in [-0.2, -0.15) is 0 Å². The number of halogens is 3. The Morgan fingerprint density at radius 3 is 2.59 bits per heavy atom. The smallest absolute Gasteiger partial charge is 0.265 e. The maximum absolute atomic E-state index is 13.7. The Labute approximate surface area is 145 Å². The number of rotatable bonds is 4. The second kappa shape index (κ2) is 7.24. The molecule has 2 aromatic rings. The van der Waals surface area contributed by atoms with E-state index in [4.69, 9.17) is 4.74 Å². The number of anilines is 1. The third kappa shape index (κ3) is 4.30. The standard InChI is InChI=1S/C16H14Br2FNO2/c1-9-3-5-14(12(18)7-9)20-16(21)10(2)22-15-6-4-11(17)8-13(15)19/h3-8,10H,1-2H3,(H,20,21). The quantitative estimate of drug-likeness (QED) is 0.735. The first-order valence-electron chi connectivity index (χ1n) is 6.55. The van der Waals surface area contributed by atoms with Crippen LogP contribution >= 0.6 is 31.9 Å². The summed E-state index contributed by atoms with van der Waals surface area (Å²) in [4.78, 5) is 12.1. The van der Waals surface area contributed by atoms with Crippen LogP contribution in [0.5, 0.6) is 5.75 Å². The number of hydrogen-bond acceptors (Lipinski definition) is 2. The molecule has 0 aromatic heterocycles. The lowest BCUT2D eigenvalue weighted by molar-refractivity contribution is -0.122. The third-order valence-corrected chi connectivity index (χ3v) is 4.10. The second-order valence-electron chi connectivity index (χ2n) is 4.81. The van der Waals surface area contributed by atoms with Crippen LogP contribution in [0.15, 0.2) is 45.3 Å². The molecule has 0 aliphatic heterocycles. The molecule has 3 nitrogen and oxygen atoms in total. The first-order chi connectivity index (χ1) is 10.4. The minimum atomic E-state index is -0.830. The summed E-state index contributed by atoms with van der Waals surface area (Å²) < 4.78 is 20.5. The van der Waals surface area contributed by atoms with Gasteiger partial charge in [0.15, 0.2) is 17.7 Å². The first-order valence-corrected chi connectivity index (χ1v) is 8.14. The van der Waals surface area contributed by atoms with Crippen LogP contribution in [0, 0.1) is 12.7 Å². The number of hydrogen-bond donors (Lipinski definition) is 1. The molecule has 0 saturated heterocycles. The van der Waals surface area contributed by atoms with Crippen LogP contribution < -0.4 is 10.1 Å². The summed E-state index contributed by atoms with van der Waals surface area (Å²) >= 11 is 6.56. The van der Waals surface area contributed by atoms with E-state index < -0.39 is 11.9 Å². The minimum absolute atomic E-state index is 0.0359. The summed E-state index contributed by atoms with van der Waals surface area (Å²) in [6.07, 6.45) is -0.830. The monoisotopic (exact) mass is 429 g/mol. The minimum Gasteiger partial charge on any atom is -0.478 e. The normalized spacial score (nSPS) is 11.9. The lowest BCUT2D eigenvalue weighted by atomic mass is 10.2. The van der Waals surface area contributed by atoms with E-state index in [0.29, 0.717) is 10.2 Å². The molecule has 0 radical (unpaired) electrons. The van der Waals surface area contributed by atoms with Crippen LogP contribution in [0.4, 0.5) is 10.1 Å². The van der Waals surface area contributed by atoms with Crippen molar-refractivity contribution in [2.24, 2.45) is 0 Å². The summed E-state index contributed by atoms with van der Waals surface area (Å²) in [7, 11) is 0. The molecule has 0 bridgehead atoms. The van der Waals surface area contributed by atoms with Crippen molar-refractivity contribution in [2.75, 3.05) is 5.32 Å². The van der Waals surface area contributed by atoms with Gasteiger partial charge in [0, 0.05) is 8.95 Å². The lowest BCUT2D eigenvalue weighted by Gasteiger charge is -2.16. The molecular weight excluding hydrogens is 417 g/mol. The predicted octanol–water partition coefficient (Wildman–Crippen LogP) is 5.07. The number of carbonyl (C=O) groups is 1. The molecule has 2 rings (SSSR count). The van der Waals surface area contributed by atoms with Gasteiger partial charge in [-0.3, -0.25) is 4.79 Å².